The quantitative estimate of drug-likeness (QED) is 0.380. The first-order valence-corrected chi connectivity index (χ1v) is 6.99. The van der Waals surface area contributed by atoms with E-state index in [-0.39, 0.29) is 24.1 Å². The molecule has 0 spiro atoms. The van der Waals surface area contributed by atoms with Crippen LogP contribution in [0.4, 0.5) is 0 Å². The van der Waals surface area contributed by atoms with Crippen LogP contribution in [0.2, 0.25) is 0 Å². The molecule has 0 N–H and O–H groups in total. The van der Waals surface area contributed by atoms with Gasteiger partial charge in [0.2, 0.25) is 0 Å². The zero-order chi connectivity index (χ0) is 14.1. The normalized spacial score (nSPS) is 45.1. The van der Waals surface area contributed by atoms with Crippen LogP contribution < -0.4 is 0 Å². The van der Waals surface area contributed by atoms with Crippen LogP contribution in [0, 0.1) is 0 Å². The van der Waals surface area contributed by atoms with Gasteiger partial charge in [-0.3, -0.25) is 0 Å². The maximum atomic E-state index is 12.1. The summed E-state index contributed by atoms with van der Waals surface area (Å²) in [5, 5.41) is 0. The van der Waals surface area contributed by atoms with E-state index < -0.39 is 11.7 Å². The van der Waals surface area contributed by atoms with Crippen LogP contribution in [0.15, 0.2) is 22.8 Å². The van der Waals surface area contributed by atoms with Crippen LogP contribution >= 0.6 is 0 Å². The first-order valence-electron chi connectivity index (χ1n) is 6.99. The standard InChI is InChI=1S/C15H16O5/c1-7-4-3-5-15-12(20-15)11(19-14(15)17)10-8(2)13(16)18-9(10)6-7/h4,9,11-12H,3,5-6H2,1-2H3/b7-4+/t9-,11+,12+,15+/m1/s1. The minimum absolute atomic E-state index is 0.247. The molecule has 4 atom stereocenters. The molecule has 0 radical (unpaired) electrons. The molecule has 1 aliphatic carbocycles. The van der Waals surface area contributed by atoms with Gasteiger partial charge in [0.1, 0.15) is 12.2 Å². The van der Waals surface area contributed by atoms with E-state index >= 15 is 0 Å². The second-order valence-corrected chi connectivity index (χ2v) is 6.02. The molecule has 0 unspecified atom stereocenters. The third-order valence-corrected chi connectivity index (χ3v) is 4.75. The lowest BCUT2D eigenvalue weighted by atomic mass is 9.88. The van der Waals surface area contributed by atoms with Crippen molar-refractivity contribution in [2.24, 2.45) is 0 Å². The lowest BCUT2D eigenvalue weighted by Crippen LogP contribution is -2.26. The first-order chi connectivity index (χ1) is 9.53. The van der Waals surface area contributed by atoms with E-state index in [0.29, 0.717) is 18.4 Å². The van der Waals surface area contributed by atoms with Crippen molar-refractivity contribution < 1.29 is 23.8 Å². The maximum absolute atomic E-state index is 12.1. The highest BCUT2D eigenvalue weighted by atomic mass is 16.7. The molecule has 5 nitrogen and oxygen atoms in total. The molecule has 2 saturated heterocycles. The highest BCUT2D eigenvalue weighted by molar-refractivity contribution is 5.93. The number of carbonyl (C=O) groups is 2. The smallest absolute Gasteiger partial charge is 0.342 e. The summed E-state index contributed by atoms with van der Waals surface area (Å²) in [6.45, 7) is 3.76. The van der Waals surface area contributed by atoms with Crippen molar-refractivity contribution in [1.29, 1.82) is 0 Å². The molecule has 0 amide bonds. The number of carbonyl (C=O) groups excluding carboxylic acids is 2. The van der Waals surface area contributed by atoms with Crippen LogP contribution in [-0.4, -0.2) is 35.9 Å². The summed E-state index contributed by atoms with van der Waals surface area (Å²) in [5.74, 6) is -0.606. The number of esters is 2. The number of fused-ring (bicyclic) bond motifs is 2. The topological polar surface area (TPSA) is 65.1 Å². The fourth-order valence-corrected chi connectivity index (χ4v) is 3.57. The summed E-state index contributed by atoms with van der Waals surface area (Å²) in [5.41, 5.74) is 1.75. The lowest BCUT2D eigenvalue weighted by molar-refractivity contribution is -0.152. The van der Waals surface area contributed by atoms with Crippen molar-refractivity contribution >= 4 is 11.9 Å². The van der Waals surface area contributed by atoms with Gasteiger partial charge in [0.15, 0.2) is 11.7 Å². The van der Waals surface area contributed by atoms with E-state index in [1.807, 2.05) is 6.92 Å². The zero-order valence-corrected chi connectivity index (χ0v) is 11.5. The Morgan fingerprint density at radius 3 is 2.80 bits per heavy atom. The second kappa shape index (κ2) is 3.73. The number of epoxide rings is 1. The molecule has 0 aromatic heterocycles. The fourth-order valence-electron chi connectivity index (χ4n) is 3.57. The van der Waals surface area contributed by atoms with Crippen LogP contribution in [0.5, 0.6) is 0 Å². The van der Waals surface area contributed by atoms with Crippen molar-refractivity contribution in [2.75, 3.05) is 0 Å². The van der Waals surface area contributed by atoms with E-state index in [1.165, 1.54) is 0 Å². The Bertz CT molecular complexity index is 587. The summed E-state index contributed by atoms with van der Waals surface area (Å²) >= 11 is 0. The summed E-state index contributed by atoms with van der Waals surface area (Å²) in [6.07, 6.45) is 3.16. The van der Waals surface area contributed by atoms with Gasteiger partial charge in [-0.2, -0.15) is 0 Å². The fraction of sp³-hybridized carbons (Fsp3) is 0.600. The number of allylic oxidation sites excluding steroid dienone is 1. The van der Waals surface area contributed by atoms with Gasteiger partial charge < -0.3 is 14.2 Å². The molecule has 0 aromatic rings. The predicted molar refractivity (Wildman–Crippen MR) is 67.7 cm³/mol. The van der Waals surface area contributed by atoms with Crippen molar-refractivity contribution in [3.8, 4) is 0 Å². The third-order valence-electron chi connectivity index (χ3n) is 4.75. The first kappa shape index (κ1) is 12.1. The van der Waals surface area contributed by atoms with E-state index in [4.69, 9.17) is 14.2 Å². The van der Waals surface area contributed by atoms with E-state index in [9.17, 15) is 9.59 Å². The largest absolute Gasteiger partial charge is 0.454 e. The van der Waals surface area contributed by atoms with Crippen molar-refractivity contribution in [3.63, 3.8) is 0 Å². The number of hydrogen-bond donors (Lipinski definition) is 0. The summed E-state index contributed by atoms with van der Waals surface area (Å²) in [6, 6.07) is 0. The molecule has 2 bridgehead atoms. The van der Waals surface area contributed by atoms with Crippen LogP contribution in [-0.2, 0) is 23.8 Å². The van der Waals surface area contributed by atoms with E-state index in [0.717, 1.165) is 17.6 Å². The molecule has 5 heteroatoms. The number of rotatable bonds is 0. The zero-order valence-electron chi connectivity index (χ0n) is 11.5. The maximum Gasteiger partial charge on any atom is 0.342 e. The van der Waals surface area contributed by atoms with Gasteiger partial charge in [-0.1, -0.05) is 11.6 Å². The van der Waals surface area contributed by atoms with Crippen molar-refractivity contribution in [2.45, 2.75) is 57.0 Å². The summed E-state index contributed by atoms with van der Waals surface area (Å²) in [4.78, 5) is 23.9. The van der Waals surface area contributed by atoms with Gasteiger partial charge in [0, 0.05) is 17.6 Å². The summed E-state index contributed by atoms with van der Waals surface area (Å²) in [7, 11) is 0. The summed E-state index contributed by atoms with van der Waals surface area (Å²) < 4.78 is 16.6. The third kappa shape index (κ3) is 1.41. The molecule has 3 aliphatic heterocycles. The molecule has 4 aliphatic rings. The number of ether oxygens (including phenoxy) is 3. The Hall–Kier alpha value is -1.62. The molecular formula is C15H16O5. The molecule has 0 saturated carbocycles. The van der Waals surface area contributed by atoms with Crippen molar-refractivity contribution in [3.05, 3.63) is 22.8 Å². The average Bonchev–Trinajstić information content (AvgIpc) is 2.98. The monoisotopic (exact) mass is 276 g/mol. The SMILES string of the molecule is CC1=C2[C@@H](C/C(C)=C/CC[C@]34O[C@H]3[C@H]2OC4=O)OC1=O. The Balaban J connectivity index is 1.80. The van der Waals surface area contributed by atoms with Gasteiger partial charge in [-0.25, -0.2) is 9.59 Å². The van der Waals surface area contributed by atoms with Gasteiger partial charge in [-0.15, -0.1) is 0 Å². The second-order valence-electron chi connectivity index (χ2n) is 6.02. The molecule has 20 heavy (non-hydrogen) atoms. The Kier molecular flexibility index (Phi) is 2.26. The minimum Gasteiger partial charge on any atom is -0.454 e. The van der Waals surface area contributed by atoms with Gasteiger partial charge >= 0.3 is 11.9 Å². The van der Waals surface area contributed by atoms with Crippen LogP contribution in [0.1, 0.15) is 33.1 Å². The van der Waals surface area contributed by atoms with Crippen molar-refractivity contribution in [1.82, 2.24) is 0 Å². The molecule has 0 aromatic carbocycles. The van der Waals surface area contributed by atoms with Gasteiger partial charge in [-0.05, 0) is 26.7 Å². The molecular weight excluding hydrogens is 260 g/mol. The Morgan fingerprint density at radius 1 is 1.25 bits per heavy atom. The molecule has 106 valence electrons. The number of hydrogen-bond acceptors (Lipinski definition) is 5. The minimum atomic E-state index is -0.776. The average molecular weight is 276 g/mol. The van der Waals surface area contributed by atoms with E-state index in [1.54, 1.807) is 6.92 Å². The molecule has 2 fully saturated rings. The molecule has 4 rings (SSSR count). The van der Waals surface area contributed by atoms with Gasteiger partial charge in [0.05, 0.1) is 0 Å². The lowest BCUT2D eigenvalue weighted by Gasteiger charge is -2.19. The Labute approximate surface area is 116 Å². The highest BCUT2D eigenvalue weighted by Crippen LogP contribution is 2.54. The Morgan fingerprint density at radius 2 is 2.05 bits per heavy atom. The van der Waals surface area contributed by atoms with E-state index in [2.05, 4.69) is 6.08 Å². The molecule has 3 heterocycles. The van der Waals surface area contributed by atoms with Crippen LogP contribution in [0.25, 0.3) is 0 Å². The van der Waals surface area contributed by atoms with Crippen LogP contribution in [0.3, 0.4) is 0 Å². The predicted octanol–water partition coefficient (Wildman–Crippen LogP) is 1.42. The highest BCUT2D eigenvalue weighted by Gasteiger charge is 2.73. The van der Waals surface area contributed by atoms with Gasteiger partial charge in [0.25, 0.3) is 0 Å².